The van der Waals surface area contributed by atoms with Crippen LogP contribution in [0, 0.1) is 0 Å². The summed E-state index contributed by atoms with van der Waals surface area (Å²) in [4.78, 5) is 27.0. The van der Waals surface area contributed by atoms with Crippen molar-refractivity contribution in [2.24, 2.45) is 5.73 Å². The van der Waals surface area contributed by atoms with Crippen molar-refractivity contribution in [3.8, 4) is 17.2 Å². The Morgan fingerprint density at radius 1 is 1.13 bits per heavy atom. The van der Waals surface area contributed by atoms with Gasteiger partial charge < -0.3 is 45.5 Å². The predicted molar refractivity (Wildman–Crippen MR) is 134 cm³/mol. The molecule has 7 N–H and O–H groups in total. The number of carbonyl (C=O) groups excluding carboxylic acids is 2. The molecule has 12 heteroatoms. The molecule has 2 aromatic carbocycles. The molecule has 5 rings (SSSR count). The molecule has 0 spiro atoms. The highest BCUT2D eigenvalue weighted by atomic mass is 35.5. The SMILES string of the molecule is COc1cccc2c1C(=O)c1c(O)c3c(c(O)c1C2=O)C[C@@](O)(CO)C[C@@H]3O[C@H]1C[C@H](N)[C@H](O)[C@H](C)O1.Cl. The molecule has 0 bridgehead atoms. The van der Waals surface area contributed by atoms with E-state index in [0.717, 1.165) is 0 Å². The number of phenols is 2. The summed E-state index contributed by atoms with van der Waals surface area (Å²) >= 11 is 0. The zero-order chi connectivity index (χ0) is 26.8. The van der Waals surface area contributed by atoms with Gasteiger partial charge in [0.05, 0.1) is 54.3 Å². The summed E-state index contributed by atoms with van der Waals surface area (Å²) in [6, 6.07) is 3.80. The van der Waals surface area contributed by atoms with Gasteiger partial charge in [0.2, 0.25) is 5.78 Å². The molecule has 2 aliphatic carbocycles. The Morgan fingerprint density at radius 2 is 1.82 bits per heavy atom. The third-order valence-corrected chi connectivity index (χ3v) is 7.52. The van der Waals surface area contributed by atoms with E-state index in [-0.39, 0.29) is 59.7 Å². The van der Waals surface area contributed by atoms with Crippen LogP contribution in [0.2, 0.25) is 0 Å². The number of fused-ring (bicyclic) bond motifs is 3. The van der Waals surface area contributed by atoms with Gasteiger partial charge in [-0.1, -0.05) is 12.1 Å². The number of ketones is 2. The standard InChI is InChI=1S/C26H29NO10.ClH/c1-10-21(29)13(27)6-16(36-10)37-15-8-26(34,9-28)7-12-18(15)25(33)20-19(23(12)31)22(30)11-4-3-5-14(35-2)17(11)24(20)32;/h3-5,10,13,15-16,21,28-29,31,33-34H,6-9,27H2,1-2H3;1H/t10-,13-,15-,16-,21+,26-;/m0./s1. The first-order valence-electron chi connectivity index (χ1n) is 12.0. The average Bonchev–Trinajstić information content (AvgIpc) is 2.87. The third-order valence-electron chi connectivity index (χ3n) is 7.52. The van der Waals surface area contributed by atoms with Crippen LogP contribution in [0.4, 0.5) is 0 Å². The second-order valence-corrected chi connectivity index (χ2v) is 9.93. The molecule has 0 amide bonds. The van der Waals surface area contributed by atoms with Crippen LogP contribution in [0.25, 0.3) is 0 Å². The van der Waals surface area contributed by atoms with Crippen LogP contribution < -0.4 is 10.5 Å². The fourth-order valence-electron chi connectivity index (χ4n) is 5.59. The summed E-state index contributed by atoms with van der Waals surface area (Å²) in [5, 5.41) is 53.8. The summed E-state index contributed by atoms with van der Waals surface area (Å²) in [6.07, 6.45) is -4.12. The van der Waals surface area contributed by atoms with Crippen LogP contribution >= 0.6 is 12.4 Å². The maximum absolute atomic E-state index is 13.6. The van der Waals surface area contributed by atoms with Gasteiger partial charge >= 0.3 is 0 Å². The van der Waals surface area contributed by atoms with Gasteiger partial charge in [-0.15, -0.1) is 12.4 Å². The van der Waals surface area contributed by atoms with Gasteiger partial charge in [0.25, 0.3) is 0 Å². The molecule has 1 fully saturated rings. The minimum absolute atomic E-state index is 0. The van der Waals surface area contributed by atoms with E-state index in [1.165, 1.54) is 25.3 Å². The third kappa shape index (κ3) is 4.24. The molecule has 206 valence electrons. The molecule has 1 saturated heterocycles. The number of benzene rings is 2. The largest absolute Gasteiger partial charge is 0.507 e. The number of ether oxygens (including phenoxy) is 3. The fraction of sp³-hybridized carbons (Fsp3) is 0.462. The van der Waals surface area contributed by atoms with Crippen LogP contribution in [0.1, 0.15) is 68.8 Å². The molecule has 38 heavy (non-hydrogen) atoms. The van der Waals surface area contributed by atoms with E-state index in [1.54, 1.807) is 6.92 Å². The quantitative estimate of drug-likeness (QED) is 0.252. The average molecular weight is 552 g/mol. The number of aromatic hydroxyl groups is 2. The molecule has 3 aliphatic rings. The Morgan fingerprint density at radius 3 is 2.45 bits per heavy atom. The molecule has 11 nitrogen and oxygen atoms in total. The number of carbonyl (C=O) groups is 2. The Bertz CT molecular complexity index is 1290. The monoisotopic (exact) mass is 551 g/mol. The van der Waals surface area contributed by atoms with Crippen molar-refractivity contribution in [1.29, 1.82) is 0 Å². The first-order chi connectivity index (χ1) is 17.5. The number of hydrogen-bond acceptors (Lipinski definition) is 11. The molecular weight excluding hydrogens is 522 g/mol. The minimum atomic E-state index is -1.76. The van der Waals surface area contributed by atoms with E-state index in [1.807, 2.05) is 0 Å². The Labute approximate surface area is 224 Å². The zero-order valence-corrected chi connectivity index (χ0v) is 21.5. The maximum atomic E-state index is 13.6. The van der Waals surface area contributed by atoms with Crippen molar-refractivity contribution in [2.75, 3.05) is 13.7 Å². The van der Waals surface area contributed by atoms with Gasteiger partial charge in [0.15, 0.2) is 12.1 Å². The lowest BCUT2D eigenvalue weighted by molar-refractivity contribution is -0.248. The first kappa shape index (κ1) is 28.2. The van der Waals surface area contributed by atoms with Crippen molar-refractivity contribution in [1.82, 2.24) is 0 Å². The van der Waals surface area contributed by atoms with E-state index in [2.05, 4.69) is 0 Å². The number of phenolic OH excluding ortho intramolecular Hbond substituents is 2. The molecule has 0 unspecified atom stereocenters. The number of aliphatic hydroxyl groups excluding tert-OH is 2. The van der Waals surface area contributed by atoms with E-state index in [9.17, 15) is 35.1 Å². The topological polar surface area (TPSA) is 189 Å². The van der Waals surface area contributed by atoms with E-state index in [0.29, 0.717) is 0 Å². The molecule has 2 aromatic rings. The second kappa shape index (κ2) is 10.1. The van der Waals surface area contributed by atoms with Gasteiger partial charge in [-0.25, -0.2) is 0 Å². The number of rotatable bonds is 4. The molecule has 1 aliphatic heterocycles. The number of methoxy groups -OCH3 is 1. The molecule has 0 radical (unpaired) electrons. The van der Waals surface area contributed by atoms with Crippen molar-refractivity contribution in [2.45, 2.75) is 62.4 Å². The van der Waals surface area contributed by atoms with Gasteiger partial charge in [-0.05, 0) is 13.0 Å². The lowest BCUT2D eigenvalue weighted by Gasteiger charge is -2.42. The summed E-state index contributed by atoms with van der Waals surface area (Å²) < 4.78 is 17.0. The van der Waals surface area contributed by atoms with Crippen molar-refractivity contribution in [3.05, 3.63) is 51.6 Å². The van der Waals surface area contributed by atoms with Gasteiger partial charge in [-0.3, -0.25) is 9.59 Å². The highest BCUT2D eigenvalue weighted by Gasteiger charge is 2.47. The Kier molecular flexibility index (Phi) is 7.49. The smallest absolute Gasteiger partial charge is 0.202 e. The van der Waals surface area contributed by atoms with Crippen LogP contribution in [-0.4, -0.2) is 81.0 Å². The predicted octanol–water partition coefficient (Wildman–Crippen LogP) is 0.854. The number of halogens is 1. The first-order valence-corrected chi connectivity index (χ1v) is 12.0. The summed E-state index contributed by atoms with van der Waals surface area (Å²) in [6.45, 7) is 0.921. The van der Waals surface area contributed by atoms with Crippen molar-refractivity contribution in [3.63, 3.8) is 0 Å². The number of hydrogen-bond donors (Lipinski definition) is 6. The fourth-order valence-corrected chi connectivity index (χ4v) is 5.59. The number of aliphatic hydroxyl groups is 3. The van der Waals surface area contributed by atoms with Gasteiger partial charge in [-0.2, -0.15) is 0 Å². The Hall–Kier alpha value is -2.77. The molecule has 1 heterocycles. The van der Waals surface area contributed by atoms with Crippen LogP contribution in [-0.2, 0) is 15.9 Å². The molecule has 0 saturated carbocycles. The highest BCUT2D eigenvalue weighted by Crippen LogP contribution is 2.52. The maximum Gasteiger partial charge on any atom is 0.202 e. The molecule has 0 aromatic heterocycles. The second-order valence-electron chi connectivity index (χ2n) is 9.93. The lowest BCUT2D eigenvalue weighted by Crippen LogP contribution is -2.52. The van der Waals surface area contributed by atoms with Crippen LogP contribution in [0.15, 0.2) is 18.2 Å². The van der Waals surface area contributed by atoms with Gasteiger partial charge in [0.1, 0.15) is 17.2 Å². The number of nitrogens with two attached hydrogens (primary N) is 1. The Balaban J connectivity index is 0.00000336. The van der Waals surface area contributed by atoms with Crippen LogP contribution in [0.5, 0.6) is 17.2 Å². The highest BCUT2D eigenvalue weighted by molar-refractivity contribution is 6.31. The minimum Gasteiger partial charge on any atom is -0.507 e. The molecule has 6 atom stereocenters. The normalized spacial score (nSPS) is 30.1. The summed E-state index contributed by atoms with van der Waals surface area (Å²) in [5.74, 6) is -2.43. The van der Waals surface area contributed by atoms with Crippen molar-refractivity contribution >= 4 is 24.0 Å². The van der Waals surface area contributed by atoms with E-state index in [4.69, 9.17) is 19.9 Å². The molecular formula is C26H30ClNO10. The van der Waals surface area contributed by atoms with E-state index < -0.39 is 77.0 Å². The lowest BCUT2D eigenvalue weighted by atomic mass is 9.73. The summed E-state index contributed by atoms with van der Waals surface area (Å²) in [5.41, 5.74) is 3.40. The van der Waals surface area contributed by atoms with Crippen molar-refractivity contribution < 1.29 is 49.3 Å². The van der Waals surface area contributed by atoms with Crippen LogP contribution in [0.3, 0.4) is 0 Å². The summed E-state index contributed by atoms with van der Waals surface area (Å²) in [7, 11) is 1.35. The van der Waals surface area contributed by atoms with E-state index >= 15 is 0 Å². The zero-order valence-electron chi connectivity index (χ0n) is 20.7. The van der Waals surface area contributed by atoms with Gasteiger partial charge in [0, 0.05) is 42.0 Å².